The second kappa shape index (κ2) is 7.22. The van der Waals surface area contributed by atoms with Gasteiger partial charge >= 0.3 is 0 Å². The second-order valence-corrected chi connectivity index (χ2v) is 5.17. The van der Waals surface area contributed by atoms with Gasteiger partial charge in [0.15, 0.2) is 12.3 Å². The van der Waals surface area contributed by atoms with Gasteiger partial charge < -0.3 is 14.8 Å². The molecule has 0 atom stereocenters. The molecule has 0 fully saturated rings. The van der Waals surface area contributed by atoms with E-state index in [1.807, 2.05) is 27.0 Å². The van der Waals surface area contributed by atoms with Crippen LogP contribution in [0.4, 0.5) is 0 Å². The zero-order chi connectivity index (χ0) is 16.1. The summed E-state index contributed by atoms with van der Waals surface area (Å²) < 4.78 is 12.1. The third-order valence-electron chi connectivity index (χ3n) is 3.34. The molecule has 0 aliphatic rings. The predicted octanol–water partition coefficient (Wildman–Crippen LogP) is 1.12. The molecular weight excluding hydrogens is 284 g/mol. The molecule has 0 aliphatic heterocycles. The van der Waals surface area contributed by atoms with Crippen molar-refractivity contribution in [2.45, 2.75) is 20.3 Å². The maximum absolute atomic E-state index is 11.7. The fourth-order valence-electron chi connectivity index (χ4n) is 2.34. The third kappa shape index (κ3) is 3.73. The smallest absolute Gasteiger partial charge is 0.258 e. The molecule has 7 nitrogen and oxygen atoms in total. The number of rotatable bonds is 7. The highest BCUT2D eigenvalue weighted by atomic mass is 16.5. The van der Waals surface area contributed by atoms with Crippen LogP contribution >= 0.6 is 0 Å². The van der Waals surface area contributed by atoms with Crippen molar-refractivity contribution >= 4 is 16.9 Å². The molecule has 0 saturated heterocycles. The molecule has 0 aromatic carbocycles. The lowest BCUT2D eigenvalue weighted by Gasteiger charge is -2.08. The first kappa shape index (κ1) is 16.2. The van der Waals surface area contributed by atoms with E-state index in [1.165, 1.54) is 0 Å². The van der Waals surface area contributed by atoms with Gasteiger partial charge in [0.2, 0.25) is 5.88 Å². The van der Waals surface area contributed by atoms with Gasteiger partial charge in [0.25, 0.3) is 5.91 Å². The predicted molar refractivity (Wildman–Crippen MR) is 83.0 cm³/mol. The SMILES string of the molecule is COCCCNC(=O)COc1cc(C)c2c(C)nn(C)c2n1. The maximum Gasteiger partial charge on any atom is 0.258 e. The van der Waals surface area contributed by atoms with Crippen molar-refractivity contribution in [3.05, 3.63) is 17.3 Å². The van der Waals surface area contributed by atoms with Crippen molar-refractivity contribution in [2.24, 2.45) is 7.05 Å². The minimum Gasteiger partial charge on any atom is -0.468 e. The number of hydrogen-bond donors (Lipinski definition) is 1. The zero-order valence-electron chi connectivity index (χ0n) is 13.5. The van der Waals surface area contributed by atoms with E-state index in [0.29, 0.717) is 19.0 Å². The number of carbonyl (C=O) groups excluding carboxylic acids is 1. The molecule has 0 spiro atoms. The van der Waals surface area contributed by atoms with Crippen LogP contribution in [0.3, 0.4) is 0 Å². The minimum absolute atomic E-state index is 0.0538. The van der Waals surface area contributed by atoms with Gasteiger partial charge in [0.1, 0.15) is 0 Å². The summed E-state index contributed by atoms with van der Waals surface area (Å²) in [5, 5.41) is 8.15. The van der Waals surface area contributed by atoms with Crippen molar-refractivity contribution in [3.8, 4) is 5.88 Å². The van der Waals surface area contributed by atoms with Crippen LogP contribution in [0.25, 0.3) is 11.0 Å². The van der Waals surface area contributed by atoms with Crippen LogP contribution in [0.2, 0.25) is 0 Å². The van der Waals surface area contributed by atoms with Gasteiger partial charge in [-0.15, -0.1) is 0 Å². The monoisotopic (exact) mass is 306 g/mol. The molecule has 0 aliphatic carbocycles. The lowest BCUT2D eigenvalue weighted by Crippen LogP contribution is -2.30. The van der Waals surface area contributed by atoms with E-state index in [1.54, 1.807) is 11.8 Å². The third-order valence-corrected chi connectivity index (χ3v) is 3.34. The second-order valence-electron chi connectivity index (χ2n) is 5.17. The van der Waals surface area contributed by atoms with Gasteiger partial charge in [-0.05, 0) is 25.8 Å². The molecule has 2 heterocycles. The van der Waals surface area contributed by atoms with E-state index in [0.717, 1.165) is 28.7 Å². The van der Waals surface area contributed by atoms with E-state index in [2.05, 4.69) is 15.4 Å². The highest BCUT2D eigenvalue weighted by molar-refractivity contribution is 5.82. The summed E-state index contributed by atoms with van der Waals surface area (Å²) in [5.41, 5.74) is 2.73. The first-order valence-electron chi connectivity index (χ1n) is 7.22. The van der Waals surface area contributed by atoms with Crippen molar-refractivity contribution in [1.82, 2.24) is 20.1 Å². The Balaban J connectivity index is 1.97. The average Bonchev–Trinajstić information content (AvgIpc) is 2.76. The molecule has 0 radical (unpaired) electrons. The molecule has 0 bridgehead atoms. The number of aryl methyl sites for hydroxylation is 3. The van der Waals surface area contributed by atoms with Crippen molar-refractivity contribution in [1.29, 1.82) is 0 Å². The Morgan fingerprint density at radius 2 is 2.18 bits per heavy atom. The fourth-order valence-corrected chi connectivity index (χ4v) is 2.34. The summed E-state index contributed by atoms with van der Waals surface area (Å²) in [4.78, 5) is 16.1. The molecule has 120 valence electrons. The Morgan fingerprint density at radius 1 is 1.41 bits per heavy atom. The average molecular weight is 306 g/mol. The number of fused-ring (bicyclic) bond motifs is 1. The van der Waals surface area contributed by atoms with E-state index in [4.69, 9.17) is 9.47 Å². The van der Waals surface area contributed by atoms with Gasteiger partial charge in [-0.1, -0.05) is 0 Å². The van der Waals surface area contributed by atoms with Crippen LogP contribution < -0.4 is 10.1 Å². The Kier molecular flexibility index (Phi) is 5.32. The summed E-state index contributed by atoms with van der Waals surface area (Å²) in [5.74, 6) is 0.261. The first-order chi connectivity index (χ1) is 10.5. The molecular formula is C15H22N4O3. The van der Waals surface area contributed by atoms with Crippen LogP contribution in [0, 0.1) is 13.8 Å². The summed E-state index contributed by atoms with van der Waals surface area (Å²) in [6, 6.07) is 1.83. The standard InChI is InChI=1S/C15H22N4O3/c1-10-8-13(17-15-14(10)11(2)18-19(15)3)22-9-12(20)16-6-5-7-21-4/h8H,5-7,9H2,1-4H3,(H,16,20). The molecule has 1 N–H and O–H groups in total. The number of nitrogens with one attached hydrogen (secondary N) is 1. The van der Waals surface area contributed by atoms with Crippen molar-refractivity contribution in [2.75, 3.05) is 26.9 Å². The number of carbonyl (C=O) groups is 1. The summed E-state index contributed by atoms with van der Waals surface area (Å²) >= 11 is 0. The molecule has 2 rings (SSSR count). The summed E-state index contributed by atoms with van der Waals surface area (Å²) in [6.07, 6.45) is 0.778. The molecule has 2 aromatic rings. The van der Waals surface area contributed by atoms with Gasteiger partial charge in [-0.25, -0.2) is 0 Å². The van der Waals surface area contributed by atoms with E-state index >= 15 is 0 Å². The zero-order valence-corrected chi connectivity index (χ0v) is 13.5. The van der Waals surface area contributed by atoms with Gasteiger partial charge in [0, 0.05) is 38.8 Å². The van der Waals surface area contributed by atoms with Crippen LogP contribution in [-0.2, 0) is 16.6 Å². The number of hydrogen-bond acceptors (Lipinski definition) is 5. The number of ether oxygens (including phenoxy) is 2. The number of nitrogens with zero attached hydrogens (tertiary/aromatic N) is 3. The summed E-state index contributed by atoms with van der Waals surface area (Å²) in [6.45, 7) is 5.07. The molecule has 1 amide bonds. The Morgan fingerprint density at radius 3 is 2.91 bits per heavy atom. The largest absolute Gasteiger partial charge is 0.468 e. The van der Waals surface area contributed by atoms with Crippen molar-refractivity contribution in [3.63, 3.8) is 0 Å². The number of aromatic nitrogens is 3. The molecule has 0 saturated carbocycles. The normalized spacial score (nSPS) is 10.9. The van der Waals surface area contributed by atoms with E-state index in [-0.39, 0.29) is 12.5 Å². The highest BCUT2D eigenvalue weighted by Crippen LogP contribution is 2.23. The van der Waals surface area contributed by atoms with Crippen LogP contribution in [0.15, 0.2) is 6.07 Å². The van der Waals surface area contributed by atoms with Gasteiger partial charge in [-0.3, -0.25) is 9.48 Å². The Labute approximate surface area is 129 Å². The van der Waals surface area contributed by atoms with Gasteiger partial charge in [-0.2, -0.15) is 10.1 Å². The first-order valence-corrected chi connectivity index (χ1v) is 7.22. The minimum atomic E-state index is -0.170. The van der Waals surface area contributed by atoms with Crippen LogP contribution in [0.1, 0.15) is 17.7 Å². The number of methoxy groups -OCH3 is 1. The maximum atomic E-state index is 11.7. The van der Waals surface area contributed by atoms with Gasteiger partial charge in [0.05, 0.1) is 5.69 Å². The molecule has 0 unspecified atom stereocenters. The molecule has 2 aromatic heterocycles. The molecule has 22 heavy (non-hydrogen) atoms. The topological polar surface area (TPSA) is 78.3 Å². The van der Waals surface area contributed by atoms with E-state index in [9.17, 15) is 4.79 Å². The lowest BCUT2D eigenvalue weighted by molar-refractivity contribution is -0.123. The highest BCUT2D eigenvalue weighted by Gasteiger charge is 2.12. The van der Waals surface area contributed by atoms with Crippen LogP contribution in [-0.4, -0.2) is 47.5 Å². The lowest BCUT2D eigenvalue weighted by atomic mass is 10.2. The van der Waals surface area contributed by atoms with E-state index < -0.39 is 0 Å². The summed E-state index contributed by atoms with van der Waals surface area (Å²) in [7, 11) is 3.48. The Bertz CT molecular complexity index is 666. The van der Waals surface area contributed by atoms with Crippen molar-refractivity contribution < 1.29 is 14.3 Å². The Hall–Kier alpha value is -2.15. The number of amides is 1. The molecule has 7 heteroatoms. The quantitative estimate of drug-likeness (QED) is 0.776. The van der Waals surface area contributed by atoms with Crippen LogP contribution in [0.5, 0.6) is 5.88 Å². The number of pyridine rings is 1. The fraction of sp³-hybridized carbons (Fsp3) is 0.533.